The second-order valence-electron chi connectivity index (χ2n) is 8.29. The summed E-state index contributed by atoms with van der Waals surface area (Å²) in [6.07, 6.45) is 15.6. The van der Waals surface area contributed by atoms with Crippen molar-refractivity contribution in [2.75, 3.05) is 44.2 Å². The first-order valence-electron chi connectivity index (χ1n) is 10.8. The van der Waals surface area contributed by atoms with E-state index in [9.17, 15) is 0 Å². The Hall–Kier alpha value is -1.99. The van der Waals surface area contributed by atoms with Crippen LogP contribution in [0.4, 0.5) is 5.95 Å². The smallest absolute Gasteiger partial charge is 0.225 e. The van der Waals surface area contributed by atoms with Crippen molar-refractivity contribution in [3.05, 3.63) is 24.8 Å². The van der Waals surface area contributed by atoms with E-state index in [1.807, 2.05) is 18.6 Å². The molecule has 5 heterocycles. The van der Waals surface area contributed by atoms with Gasteiger partial charge < -0.3 is 19.1 Å². The van der Waals surface area contributed by atoms with E-state index < -0.39 is 0 Å². The lowest BCUT2D eigenvalue weighted by molar-refractivity contribution is 0.0608. The average Bonchev–Trinajstić information content (AvgIpc) is 3.51. The minimum Gasteiger partial charge on any atom is -0.377 e. The molecule has 0 radical (unpaired) electrons. The molecule has 28 heavy (non-hydrogen) atoms. The SMILES string of the molecule is c1cn(C2CCN(C[C@@H]3CCCO3)CC2)c(-c2cnc(N3CCCC3)nc2)n1. The fourth-order valence-corrected chi connectivity index (χ4v) is 4.80. The highest BCUT2D eigenvalue weighted by Crippen LogP contribution is 2.29. The van der Waals surface area contributed by atoms with Gasteiger partial charge in [0.1, 0.15) is 5.82 Å². The molecule has 2 aromatic rings. The standard InChI is InChI=1S/C21H30N6O/c1-2-9-26(8-1)21-23-14-17(15-24-21)20-22-7-12-27(20)18-5-10-25(11-6-18)16-19-4-3-13-28-19/h7,12,14-15,18-19H,1-6,8-11,13,16H2/t19-/m0/s1. The zero-order valence-electron chi connectivity index (χ0n) is 16.5. The maximum absolute atomic E-state index is 5.80. The molecular weight excluding hydrogens is 352 g/mol. The number of imidazole rings is 1. The van der Waals surface area contributed by atoms with Crippen LogP contribution in [0.3, 0.4) is 0 Å². The Balaban J connectivity index is 1.23. The van der Waals surface area contributed by atoms with Crippen LogP contribution in [-0.4, -0.2) is 69.9 Å². The summed E-state index contributed by atoms with van der Waals surface area (Å²) in [5, 5.41) is 0. The van der Waals surface area contributed by atoms with Gasteiger partial charge in [-0.3, -0.25) is 0 Å². The molecule has 0 N–H and O–H groups in total. The molecule has 0 spiro atoms. The third-order valence-corrected chi connectivity index (χ3v) is 6.39. The van der Waals surface area contributed by atoms with Crippen LogP contribution in [0, 0.1) is 0 Å². The predicted molar refractivity (Wildman–Crippen MR) is 108 cm³/mol. The van der Waals surface area contributed by atoms with E-state index >= 15 is 0 Å². The van der Waals surface area contributed by atoms with Gasteiger partial charge in [0.05, 0.1) is 11.7 Å². The minimum atomic E-state index is 0.451. The quantitative estimate of drug-likeness (QED) is 0.793. The molecule has 0 aromatic carbocycles. The number of ether oxygens (including phenoxy) is 1. The second kappa shape index (κ2) is 8.17. The van der Waals surface area contributed by atoms with E-state index in [4.69, 9.17) is 4.74 Å². The summed E-state index contributed by atoms with van der Waals surface area (Å²) in [4.78, 5) is 18.7. The fourth-order valence-electron chi connectivity index (χ4n) is 4.80. The summed E-state index contributed by atoms with van der Waals surface area (Å²) in [7, 11) is 0. The number of anilines is 1. The summed E-state index contributed by atoms with van der Waals surface area (Å²) in [5.74, 6) is 1.84. The second-order valence-corrected chi connectivity index (χ2v) is 8.29. The van der Waals surface area contributed by atoms with Crippen LogP contribution in [0.1, 0.15) is 44.6 Å². The summed E-state index contributed by atoms with van der Waals surface area (Å²) >= 11 is 0. The highest BCUT2D eigenvalue weighted by atomic mass is 16.5. The molecule has 5 rings (SSSR count). The molecule has 150 valence electrons. The number of likely N-dealkylation sites (tertiary alicyclic amines) is 1. The minimum absolute atomic E-state index is 0.451. The Kier molecular flexibility index (Phi) is 5.27. The van der Waals surface area contributed by atoms with Gasteiger partial charge in [0.2, 0.25) is 5.95 Å². The summed E-state index contributed by atoms with van der Waals surface area (Å²) in [6, 6.07) is 0.497. The highest BCUT2D eigenvalue weighted by molar-refractivity contribution is 5.54. The molecule has 0 saturated carbocycles. The van der Waals surface area contributed by atoms with E-state index in [0.29, 0.717) is 12.1 Å². The maximum atomic E-state index is 5.80. The van der Waals surface area contributed by atoms with Gasteiger partial charge in [0.25, 0.3) is 0 Å². The van der Waals surface area contributed by atoms with Gasteiger partial charge in [0.15, 0.2) is 0 Å². The number of rotatable bonds is 5. The average molecular weight is 383 g/mol. The van der Waals surface area contributed by atoms with Crippen molar-refractivity contribution in [1.29, 1.82) is 0 Å². The molecule has 3 aliphatic rings. The van der Waals surface area contributed by atoms with Crippen molar-refractivity contribution in [2.45, 2.75) is 50.7 Å². The van der Waals surface area contributed by atoms with Crippen LogP contribution in [0.25, 0.3) is 11.4 Å². The Morgan fingerprint density at radius 1 is 0.929 bits per heavy atom. The van der Waals surface area contributed by atoms with Gasteiger partial charge in [0, 0.05) is 70.2 Å². The summed E-state index contributed by atoms with van der Waals surface area (Å²) in [6.45, 7) is 6.43. The molecule has 3 fully saturated rings. The summed E-state index contributed by atoms with van der Waals surface area (Å²) in [5.41, 5.74) is 1.01. The van der Waals surface area contributed by atoms with Gasteiger partial charge >= 0.3 is 0 Å². The monoisotopic (exact) mass is 382 g/mol. The van der Waals surface area contributed by atoms with Crippen LogP contribution < -0.4 is 4.90 Å². The molecule has 1 atom stereocenters. The highest BCUT2D eigenvalue weighted by Gasteiger charge is 2.26. The van der Waals surface area contributed by atoms with Gasteiger partial charge in [-0.05, 0) is 38.5 Å². The van der Waals surface area contributed by atoms with Crippen molar-refractivity contribution in [3.8, 4) is 11.4 Å². The molecule has 7 heteroatoms. The number of nitrogens with zero attached hydrogens (tertiary/aromatic N) is 6. The number of piperidine rings is 1. The van der Waals surface area contributed by atoms with Crippen molar-refractivity contribution < 1.29 is 4.74 Å². The Morgan fingerprint density at radius 3 is 2.43 bits per heavy atom. The van der Waals surface area contributed by atoms with E-state index in [1.54, 1.807) is 0 Å². The van der Waals surface area contributed by atoms with Crippen LogP contribution >= 0.6 is 0 Å². The Morgan fingerprint density at radius 2 is 1.71 bits per heavy atom. The van der Waals surface area contributed by atoms with Gasteiger partial charge in [-0.15, -0.1) is 0 Å². The molecule has 3 saturated heterocycles. The van der Waals surface area contributed by atoms with Crippen LogP contribution in [0.2, 0.25) is 0 Å². The Bertz CT molecular complexity index is 755. The molecule has 0 unspecified atom stereocenters. The molecule has 7 nitrogen and oxygen atoms in total. The van der Waals surface area contributed by atoms with Crippen LogP contribution in [0.15, 0.2) is 24.8 Å². The van der Waals surface area contributed by atoms with Crippen molar-refractivity contribution in [1.82, 2.24) is 24.4 Å². The van der Waals surface area contributed by atoms with Gasteiger partial charge in [-0.25, -0.2) is 15.0 Å². The fraction of sp³-hybridized carbons (Fsp3) is 0.667. The molecular formula is C21H30N6O. The topological polar surface area (TPSA) is 59.3 Å². The lowest BCUT2D eigenvalue weighted by Crippen LogP contribution is -2.39. The van der Waals surface area contributed by atoms with Crippen molar-refractivity contribution >= 4 is 5.95 Å². The zero-order valence-corrected chi connectivity index (χ0v) is 16.5. The predicted octanol–water partition coefficient (Wildman–Crippen LogP) is 2.76. The van der Waals surface area contributed by atoms with E-state index in [2.05, 4.69) is 35.5 Å². The first-order chi connectivity index (χ1) is 13.9. The number of hydrogen-bond acceptors (Lipinski definition) is 6. The van der Waals surface area contributed by atoms with Crippen LogP contribution in [0.5, 0.6) is 0 Å². The van der Waals surface area contributed by atoms with E-state index in [-0.39, 0.29) is 0 Å². The Labute approximate surface area is 166 Å². The lowest BCUT2D eigenvalue weighted by Gasteiger charge is -2.34. The first-order valence-corrected chi connectivity index (χ1v) is 10.8. The molecule has 0 bridgehead atoms. The van der Waals surface area contributed by atoms with Crippen LogP contribution in [-0.2, 0) is 4.74 Å². The normalized spacial score (nSPS) is 24.3. The van der Waals surface area contributed by atoms with Crippen molar-refractivity contribution in [2.24, 2.45) is 0 Å². The zero-order chi connectivity index (χ0) is 18.8. The molecule has 3 aliphatic heterocycles. The number of hydrogen-bond donors (Lipinski definition) is 0. The summed E-state index contributed by atoms with van der Waals surface area (Å²) < 4.78 is 8.13. The third-order valence-electron chi connectivity index (χ3n) is 6.39. The number of aromatic nitrogens is 4. The van der Waals surface area contributed by atoms with Crippen molar-refractivity contribution in [3.63, 3.8) is 0 Å². The van der Waals surface area contributed by atoms with Gasteiger partial charge in [-0.2, -0.15) is 0 Å². The third kappa shape index (κ3) is 3.78. The largest absolute Gasteiger partial charge is 0.377 e. The lowest BCUT2D eigenvalue weighted by atomic mass is 10.0. The van der Waals surface area contributed by atoms with Gasteiger partial charge in [-0.1, -0.05) is 0 Å². The maximum Gasteiger partial charge on any atom is 0.225 e. The first kappa shape index (κ1) is 18.1. The molecule has 0 amide bonds. The molecule has 2 aromatic heterocycles. The van der Waals surface area contributed by atoms with E-state index in [1.165, 1.54) is 25.7 Å². The van der Waals surface area contributed by atoms with E-state index in [0.717, 1.165) is 69.5 Å². The molecule has 0 aliphatic carbocycles.